The van der Waals surface area contributed by atoms with Gasteiger partial charge in [0.25, 0.3) is 0 Å². The normalized spacial score (nSPS) is 24.0. The Morgan fingerprint density at radius 3 is 2.26 bits per heavy atom. The molecule has 2 fully saturated rings. The van der Waals surface area contributed by atoms with Crippen molar-refractivity contribution in [2.24, 2.45) is 5.92 Å². The summed E-state index contributed by atoms with van der Waals surface area (Å²) in [6.07, 6.45) is 3.74. The number of alkyl halides is 3. The van der Waals surface area contributed by atoms with Crippen molar-refractivity contribution in [3.63, 3.8) is 0 Å². The van der Waals surface area contributed by atoms with Crippen molar-refractivity contribution in [2.75, 3.05) is 13.1 Å². The molecule has 0 bridgehead atoms. The number of halogens is 4. The molecular weight excluding hydrogens is 419 g/mol. The van der Waals surface area contributed by atoms with Crippen LogP contribution in [0.3, 0.4) is 0 Å². The molecule has 0 aromatic heterocycles. The largest absolute Gasteiger partial charge is 0.416 e. The van der Waals surface area contributed by atoms with Gasteiger partial charge in [0.2, 0.25) is 0 Å². The van der Waals surface area contributed by atoms with Gasteiger partial charge in [-0.2, -0.15) is 13.2 Å². The molecule has 1 nitrogen and oxygen atoms in total. The Morgan fingerprint density at radius 1 is 1.00 bits per heavy atom. The maximum Gasteiger partial charge on any atom is 0.416 e. The highest BCUT2D eigenvalue weighted by Gasteiger charge is 2.41. The molecule has 4 rings (SSSR count). The molecule has 2 aliphatic rings. The number of benzene rings is 2. The first kappa shape index (κ1) is 22.7. The van der Waals surface area contributed by atoms with E-state index in [0.29, 0.717) is 12.0 Å². The molecule has 2 aromatic carbocycles. The number of likely N-dealkylation sites (tertiary alicyclic amines) is 1. The highest BCUT2D eigenvalue weighted by Crippen LogP contribution is 2.45. The SMILES string of the molecule is CC1CCC(CCc2ccc(C(F)(F)F)cc2)CN1CC1(c2ccc(Cl)cc2)CCC1. The van der Waals surface area contributed by atoms with Crippen LogP contribution in [0.15, 0.2) is 48.5 Å². The van der Waals surface area contributed by atoms with E-state index in [-0.39, 0.29) is 5.41 Å². The first-order chi connectivity index (χ1) is 14.7. The van der Waals surface area contributed by atoms with Gasteiger partial charge in [-0.05, 0) is 86.8 Å². The average Bonchev–Trinajstić information content (AvgIpc) is 2.71. The standard InChI is InChI=1S/C26H31ClF3N/c1-19-3-4-21(6-5-20-7-9-23(10-8-20)26(28,29)30)17-31(19)18-25(15-2-16-25)22-11-13-24(27)14-12-22/h7-14,19,21H,2-6,15-18H2,1H3. The van der Waals surface area contributed by atoms with Gasteiger partial charge in [-0.15, -0.1) is 0 Å². The summed E-state index contributed by atoms with van der Waals surface area (Å²) in [7, 11) is 0. The van der Waals surface area contributed by atoms with Gasteiger partial charge in [0.05, 0.1) is 5.56 Å². The van der Waals surface area contributed by atoms with E-state index < -0.39 is 11.7 Å². The Morgan fingerprint density at radius 2 is 1.68 bits per heavy atom. The third kappa shape index (κ3) is 5.28. The fourth-order valence-corrected chi connectivity index (χ4v) is 5.41. The molecule has 5 heteroatoms. The van der Waals surface area contributed by atoms with Crippen LogP contribution in [-0.4, -0.2) is 24.0 Å². The maximum atomic E-state index is 12.8. The molecule has 2 atom stereocenters. The second-order valence-corrected chi connectivity index (χ2v) is 10.0. The van der Waals surface area contributed by atoms with Gasteiger partial charge in [0.1, 0.15) is 0 Å². The molecule has 1 saturated heterocycles. The summed E-state index contributed by atoms with van der Waals surface area (Å²) in [6, 6.07) is 14.6. The lowest BCUT2D eigenvalue weighted by Gasteiger charge is -2.49. The summed E-state index contributed by atoms with van der Waals surface area (Å²) < 4.78 is 38.3. The van der Waals surface area contributed by atoms with Gasteiger partial charge >= 0.3 is 6.18 Å². The van der Waals surface area contributed by atoms with E-state index in [1.165, 1.54) is 49.8 Å². The minimum atomic E-state index is -4.26. The Kier molecular flexibility index (Phi) is 6.69. The summed E-state index contributed by atoms with van der Waals surface area (Å²) in [5.74, 6) is 0.598. The number of hydrogen-bond acceptors (Lipinski definition) is 1. The molecule has 2 aromatic rings. The molecule has 1 heterocycles. The third-order valence-electron chi connectivity index (χ3n) is 7.50. The molecule has 2 unspecified atom stereocenters. The van der Waals surface area contributed by atoms with Gasteiger partial charge < -0.3 is 0 Å². The van der Waals surface area contributed by atoms with Crippen LogP contribution in [0.2, 0.25) is 5.02 Å². The topological polar surface area (TPSA) is 3.24 Å². The monoisotopic (exact) mass is 449 g/mol. The minimum absolute atomic E-state index is 0.244. The van der Waals surface area contributed by atoms with E-state index in [0.717, 1.165) is 36.5 Å². The molecule has 1 saturated carbocycles. The first-order valence-electron chi connectivity index (χ1n) is 11.4. The van der Waals surface area contributed by atoms with Gasteiger partial charge in [0, 0.05) is 29.6 Å². The van der Waals surface area contributed by atoms with Gasteiger partial charge in [-0.1, -0.05) is 42.3 Å². The van der Waals surface area contributed by atoms with E-state index in [4.69, 9.17) is 11.6 Å². The number of hydrogen-bond donors (Lipinski definition) is 0. The predicted molar refractivity (Wildman–Crippen MR) is 121 cm³/mol. The summed E-state index contributed by atoms with van der Waals surface area (Å²) >= 11 is 6.11. The summed E-state index contributed by atoms with van der Waals surface area (Å²) in [6.45, 7) is 4.50. The zero-order chi connectivity index (χ0) is 22.1. The average molecular weight is 450 g/mol. The predicted octanol–water partition coefficient (Wildman–Crippen LogP) is 7.51. The lowest BCUT2D eigenvalue weighted by Crippen LogP contribution is -2.51. The Balaban J connectivity index is 1.36. The quantitative estimate of drug-likeness (QED) is 0.441. The fourth-order valence-electron chi connectivity index (χ4n) is 5.28. The van der Waals surface area contributed by atoms with Gasteiger partial charge in [0.15, 0.2) is 0 Å². The molecule has 0 amide bonds. The number of nitrogens with zero attached hydrogens (tertiary/aromatic N) is 1. The highest BCUT2D eigenvalue weighted by molar-refractivity contribution is 6.30. The Labute approximate surface area is 188 Å². The van der Waals surface area contributed by atoms with Crippen LogP contribution in [-0.2, 0) is 18.0 Å². The van der Waals surface area contributed by atoms with Crippen molar-refractivity contribution in [1.29, 1.82) is 0 Å². The molecule has 1 aliphatic carbocycles. The van der Waals surface area contributed by atoms with E-state index in [2.05, 4.69) is 24.0 Å². The zero-order valence-corrected chi connectivity index (χ0v) is 18.9. The molecule has 0 spiro atoms. The zero-order valence-electron chi connectivity index (χ0n) is 18.1. The lowest BCUT2D eigenvalue weighted by molar-refractivity contribution is -0.137. The molecule has 0 N–H and O–H groups in total. The molecule has 31 heavy (non-hydrogen) atoms. The van der Waals surface area contributed by atoms with Crippen LogP contribution in [0, 0.1) is 5.92 Å². The van der Waals surface area contributed by atoms with Crippen LogP contribution in [0.4, 0.5) is 13.2 Å². The van der Waals surface area contributed by atoms with Crippen LogP contribution >= 0.6 is 11.6 Å². The number of rotatable bonds is 6. The number of piperidine rings is 1. The van der Waals surface area contributed by atoms with E-state index in [1.54, 1.807) is 12.1 Å². The van der Waals surface area contributed by atoms with Crippen LogP contribution in [0.1, 0.15) is 62.1 Å². The summed E-state index contributed by atoms with van der Waals surface area (Å²) in [5.41, 5.74) is 2.08. The van der Waals surface area contributed by atoms with Crippen molar-refractivity contribution >= 4 is 11.6 Å². The van der Waals surface area contributed by atoms with Gasteiger partial charge in [-0.3, -0.25) is 4.90 Å². The van der Waals surface area contributed by atoms with Crippen molar-refractivity contribution in [1.82, 2.24) is 4.90 Å². The minimum Gasteiger partial charge on any atom is -0.300 e. The fraction of sp³-hybridized carbons (Fsp3) is 0.538. The van der Waals surface area contributed by atoms with Gasteiger partial charge in [-0.25, -0.2) is 0 Å². The van der Waals surface area contributed by atoms with Crippen molar-refractivity contribution < 1.29 is 13.2 Å². The van der Waals surface area contributed by atoms with Crippen LogP contribution in [0.5, 0.6) is 0 Å². The molecular formula is C26H31ClF3N. The highest BCUT2D eigenvalue weighted by atomic mass is 35.5. The van der Waals surface area contributed by atoms with Crippen LogP contribution < -0.4 is 0 Å². The summed E-state index contributed by atoms with van der Waals surface area (Å²) in [5, 5.41) is 0.785. The first-order valence-corrected chi connectivity index (χ1v) is 11.8. The second-order valence-electron chi connectivity index (χ2n) is 9.60. The smallest absolute Gasteiger partial charge is 0.300 e. The van der Waals surface area contributed by atoms with E-state index >= 15 is 0 Å². The maximum absolute atomic E-state index is 12.8. The number of aryl methyl sites for hydroxylation is 1. The molecule has 1 aliphatic heterocycles. The third-order valence-corrected chi connectivity index (χ3v) is 7.76. The van der Waals surface area contributed by atoms with Crippen molar-refractivity contribution in [2.45, 2.75) is 69.5 Å². The van der Waals surface area contributed by atoms with Crippen LogP contribution in [0.25, 0.3) is 0 Å². The second kappa shape index (κ2) is 9.15. The van der Waals surface area contributed by atoms with Crippen molar-refractivity contribution in [3.8, 4) is 0 Å². The summed E-state index contributed by atoms with van der Waals surface area (Å²) in [4.78, 5) is 2.66. The molecule has 168 valence electrons. The van der Waals surface area contributed by atoms with E-state index in [9.17, 15) is 13.2 Å². The Hall–Kier alpha value is -1.52. The van der Waals surface area contributed by atoms with E-state index in [1.807, 2.05) is 12.1 Å². The Bertz CT molecular complexity index is 856. The van der Waals surface area contributed by atoms with Crippen molar-refractivity contribution in [3.05, 3.63) is 70.2 Å². The molecule has 0 radical (unpaired) electrons. The lowest BCUT2D eigenvalue weighted by atomic mass is 9.63.